The molecule has 1 atom stereocenters. The minimum atomic E-state index is -0.543. The van der Waals surface area contributed by atoms with Crippen LogP contribution in [0.25, 0.3) is 15.7 Å². The second-order valence-corrected chi connectivity index (χ2v) is 5.70. The molecule has 0 bridgehead atoms. The van der Waals surface area contributed by atoms with Crippen LogP contribution in [0.2, 0.25) is 0 Å². The fourth-order valence-electron chi connectivity index (χ4n) is 3.07. The van der Waals surface area contributed by atoms with Gasteiger partial charge < -0.3 is 10.1 Å². The van der Waals surface area contributed by atoms with E-state index >= 15 is 0 Å². The predicted molar refractivity (Wildman–Crippen MR) is 90.9 cm³/mol. The van der Waals surface area contributed by atoms with Crippen molar-refractivity contribution in [2.45, 2.75) is 19.8 Å². The number of esters is 1. The number of rotatable bonds is 2. The maximum absolute atomic E-state index is 11.9. The van der Waals surface area contributed by atoms with Crippen molar-refractivity contribution in [3.8, 4) is 6.07 Å². The summed E-state index contributed by atoms with van der Waals surface area (Å²) in [6.45, 7) is 11.1. The first-order valence-corrected chi connectivity index (χ1v) is 7.54. The van der Waals surface area contributed by atoms with Crippen LogP contribution in [-0.4, -0.2) is 23.3 Å². The van der Waals surface area contributed by atoms with Gasteiger partial charge in [-0.1, -0.05) is 6.07 Å². The molecule has 7 nitrogen and oxygen atoms in total. The molecule has 1 aliphatic heterocycles. The Morgan fingerprint density at radius 2 is 2.16 bits per heavy atom. The van der Waals surface area contributed by atoms with Gasteiger partial charge in [0.1, 0.15) is 0 Å². The monoisotopic (exact) mass is 333 g/mol. The molecule has 124 valence electrons. The van der Waals surface area contributed by atoms with Gasteiger partial charge in [-0.3, -0.25) is 5.10 Å². The van der Waals surface area contributed by atoms with Crippen LogP contribution >= 0.6 is 0 Å². The lowest BCUT2D eigenvalue weighted by molar-refractivity contribution is 0.0596. The zero-order valence-electron chi connectivity index (χ0n) is 14.0. The summed E-state index contributed by atoms with van der Waals surface area (Å²) in [7, 11) is 1.29. The fraction of sp³-hybridized carbons (Fsp3) is 0.222. The van der Waals surface area contributed by atoms with Gasteiger partial charge in [0.05, 0.1) is 36.8 Å². The summed E-state index contributed by atoms with van der Waals surface area (Å²) in [4.78, 5) is 15.5. The molecule has 1 aromatic carbocycles. The Kier molecular flexibility index (Phi) is 4.00. The number of nitrogens with zero attached hydrogens (tertiary/aromatic N) is 3. The van der Waals surface area contributed by atoms with Gasteiger partial charge in [-0.2, -0.15) is 10.4 Å². The summed E-state index contributed by atoms with van der Waals surface area (Å²) in [5.41, 5.74) is 4.00. The first kappa shape index (κ1) is 16.3. The topological polar surface area (TPSA) is 95.2 Å². The highest BCUT2D eigenvalue weighted by molar-refractivity contribution is 6.02. The molecule has 3 rings (SSSR count). The van der Waals surface area contributed by atoms with E-state index in [-0.39, 0.29) is 5.69 Å². The number of hydrogen-bond donors (Lipinski definition) is 2. The molecular formula is C18H15N5O2. The highest BCUT2D eigenvalue weighted by Gasteiger charge is 2.30. The maximum atomic E-state index is 11.9. The lowest BCUT2D eigenvalue weighted by atomic mass is 9.84. The smallest absolute Gasteiger partial charge is 0.359 e. The van der Waals surface area contributed by atoms with Gasteiger partial charge in [0, 0.05) is 16.8 Å². The predicted octanol–water partition coefficient (Wildman–Crippen LogP) is 2.98. The Morgan fingerprint density at radius 1 is 1.40 bits per heavy atom. The number of methoxy groups -OCH3 is 1. The van der Waals surface area contributed by atoms with Gasteiger partial charge in [0.25, 0.3) is 0 Å². The molecule has 0 saturated carbocycles. The Morgan fingerprint density at radius 3 is 2.80 bits per heavy atom. The molecular weight excluding hydrogens is 318 g/mol. The van der Waals surface area contributed by atoms with Gasteiger partial charge in [-0.05, 0) is 31.5 Å². The van der Waals surface area contributed by atoms with E-state index in [4.69, 9.17) is 11.3 Å². The normalized spacial score (nSPS) is 17.1. The molecule has 1 aromatic heterocycles. The third-order valence-electron chi connectivity index (χ3n) is 4.27. The summed E-state index contributed by atoms with van der Waals surface area (Å²) in [5, 5.41) is 20.0. The van der Waals surface area contributed by atoms with Crippen LogP contribution in [0.1, 0.15) is 35.8 Å². The van der Waals surface area contributed by atoms with E-state index in [1.807, 2.05) is 19.9 Å². The summed E-state index contributed by atoms with van der Waals surface area (Å²) in [5.74, 6) is -1.02. The number of carbonyl (C=O) groups excluding carboxylic acids is 1. The van der Waals surface area contributed by atoms with Crippen LogP contribution in [0, 0.1) is 17.9 Å². The summed E-state index contributed by atoms with van der Waals surface area (Å²) < 4.78 is 4.76. The van der Waals surface area contributed by atoms with Gasteiger partial charge in [0.2, 0.25) is 0 Å². The third kappa shape index (κ3) is 2.52. The lowest BCUT2D eigenvalue weighted by Crippen LogP contribution is -2.22. The molecule has 0 amide bonds. The average Bonchev–Trinajstić information content (AvgIpc) is 3.03. The quantitative estimate of drug-likeness (QED) is 0.651. The van der Waals surface area contributed by atoms with Crippen molar-refractivity contribution in [1.29, 1.82) is 5.26 Å². The molecule has 0 saturated heterocycles. The molecule has 1 aliphatic rings. The lowest BCUT2D eigenvalue weighted by Gasteiger charge is -2.26. The Bertz CT molecular complexity index is 994. The van der Waals surface area contributed by atoms with Gasteiger partial charge in [-0.15, -0.1) is 0 Å². The number of nitrogens with one attached hydrogen (secondary N) is 2. The van der Waals surface area contributed by atoms with Gasteiger partial charge in [0.15, 0.2) is 11.4 Å². The molecule has 0 spiro atoms. The zero-order chi connectivity index (χ0) is 18.1. The molecule has 0 radical (unpaired) electrons. The molecule has 0 aliphatic carbocycles. The van der Waals surface area contributed by atoms with Crippen molar-refractivity contribution in [3.63, 3.8) is 0 Å². The number of fused-ring (bicyclic) bond motifs is 1. The number of aromatic amines is 1. The van der Waals surface area contributed by atoms with Crippen LogP contribution < -0.4 is 5.32 Å². The maximum Gasteiger partial charge on any atom is 0.359 e. The fourth-order valence-corrected chi connectivity index (χ4v) is 3.07. The zero-order valence-corrected chi connectivity index (χ0v) is 14.0. The van der Waals surface area contributed by atoms with Gasteiger partial charge in [-0.25, -0.2) is 9.64 Å². The Hall–Kier alpha value is -3.58. The summed E-state index contributed by atoms with van der Waals surface area (Å²) >= 11 is 0. The van der Waals surface area contributed by atoms with Gasteiger partial charge >= 0.3 is 5.97 Å². The molecule has 2 N–H and O–H groups in total. The molecule has 2 aromatic rings. The molecule has 7 heteroatoms. The van der Waals surface area contributed by atoms with Crippen molar-refractivity contribution in [2.75, 3.05) is 7.11 Å². The number of allylic oxidation sites excluding steroid dienone is 3. The van der Waals surface area contributed by atoms with E-state index < -0.39 is 11.9 Å². The largest absolute Gasteiger partial charge is 0.464 e. The van der Waals surface area contributed by atoms with Crippen molar-refractivity contribution >= 4 is 16.9 Å². The molecule has 25 heavy (non-hydrogen) atoms. The number of H-pyrrole nitrogens is 1. The Labute approximate surface area is 144 Å². The van der Waals surface area contributed by atoms with Crippen LogP contribution in [0.4, 0.5) is 0 Å². The number of ether oxygens (including phenoxy) is 1. The van der Waals surface area contributed by atoms with Crippen LogP contribution in [-0.2, 0) is 4.74 Å². The highest BCUT2D eigenvalue weighted by Crippen LogP contribution is 2.39. The number of carbonyl (C=O) groups is 1. The molecule has 0 fully saturated rings. The minimum absolute atomic E-state index is 0.178. The standard InChI is InChI=1S/C18H15N5O2/c1-9-13(8-19)15(16(20-3)10(2)21-9)11-5-6-14-12(7-11)17(23-22-14)18(24)25-4/h5-7,15,21H,1-2,4H3,(H,22,23). The van der Waals surface area contributed by atoms with Crippen molar-refractivity contribution in [3.05, 3.63) is 63.5 Å². The molecule has 1 unspecified atom stereocenters. The van der Waals surface area contributed by atoms with E-state index in [0.717, 1.165) is 17.0 Å². The van der Waals surface area contributed by atoms with E-state index in [1.54, 1.807) is 12.1 Å². The van der Waals surface area contributed by atoms with Crippen LogP contribution in [0.15, 0.2) is 40.9 Å². The van der Waals surface area contributed by atoms with Crippen LogP contribution in [0.5, 0.6) is 0 Å². The first-order chi connectivity index (χ1) is 12.0. The third-order valence-corrected chi connectivity index (χ3v) is 4.27. The van der Waals surface area contributed by atoms with E-state index in [2.05, 4.69) is 26.4 Å². The van der Waals surface area contributed by atoms with Crippen LogP contribution in [0.3, 0.4) is 0 Å². The van der Waals surface area contributed by atoms with Crippen molar-refractivity contribution in [2.24, 2.45) is 0 Å². The Balaban J connectivity index is 2.23. The van der Waals surface area contributed by atoms with E-state index in [1.165, 1.54) is 7.11 Å². The number of benzene rings is 1. The summed E-state index contributed by atoms with van der Waals surface area (Å²) in [6, 6.07) is 7.60. The van der Waals surface area contributed by atoms with Crippen molar-refractivity contribution < 1.29 is 9.53 Å². The first-order valence-electron chi connectivity index (χ1n) is 7.54. The number of dihydropyridines is 1. The SMILES string of the molecule is [C-]#[N+]C1=C(C)NC(C)=C(C#N)C1c1ccc2[nH]nc(C(=O)OC)c2c1. The highest BCUT2D eigenvalue weighted by atomic mass is 16.5. The van der Waals surface area contributed by atoms with Crippen molar-refractivity contribution in [1.82, 2.24) is 15.5 Å². The second-order valence-electron chi connectivity index (χ2n) is 5.70. The number of aromatic nitrogens is 2. The number of hydrogen-bond acceptors (Lipinski definition) is 5. The number of nitriles is 1. The molecule has 2 heterocycles. The summed E-state index contributed by atoms with van der Waals surface area (Å²) in [6.07, 6.45) is 0. The van der Waals surface area contributed by atoms with E-state index in [0.29, 0.717) is 22.2 Å². The second kappa shape index (κ2) is 6.14. The average molecular weight is 333 g/mol. The minimum Gasteiger partial charge on any atom is -0.464 e. The van der Waals surface area contributed by atoms with E-state index in [9.17, 15) is 10.1 Å².